The van der Waals surface area contributed by atoms with E-state index in [-0.39, 0.29) is 5.02 Å². The van der Waals surface area contributed by atoms with Crippen molar-refractivity contribution >= 4 is 34.2 Å². The van der Waals surface area contributed by atoms with Gasteiger partial charge in [-0.15, -0.1) is 11.6 Å². The summed E-state index contributed by atoms with van der Waals surface area (Å²) in [5.74, 6) is 1.85. The molecule has 2 aromatic rings. The SMILES string of the molecule is CC(CC1CC1)n1c(CCCl)nc2cc(Cl)c(F)cc21. The third-order valence-corrected chi connectivity index (χ3v) is 4.41. The summed E-state index contributed by atoms with van der Waals surface area (Å²) in [4.78, 5) is 4.58. The van der Waals surface area contributed by atoms with Crippen molar-refractivity contribution in [2.45, 2.75) is 38.6 Å². The number of imidazole rings is 1. The summed E-state index contributed by atoms with van der Waals surface area (Å²) in [7, 11) is 0. The Hall–Kier alpha value is -0.800. The molecule has 1 aromatic heterocycles. The number of aryl methyl sites for hydroxylation is 1. The normalized spacial score (nSPS) is 16.8. The van der Waals surface area contributed by atoms with E-state index in [4.69, 9.17) is 23.2 Å². The molecule has 1 aromatic carbocycles. The molecule has 0 amide bonds. The Balaban J connectivity index is 2.08. The van der Waals surface area contributed by atoms with Gasteiger partial charge in [0.05, 0.1) is 16.1 Å². The molecule has 5 heteroatoms. The average Bonchev–Trinajstić information content (AvgIpc) is 3.13. The highest BCUT2D eigenvalue weighted by molar-refractivity contribution is 6.31. The molecule has 0 radical (unpaired) electrons. The summed E-state index contributed by atoms with van der Waals surface area (Å²) in [6.07, 6.45) is 4.42. The minimum Gasteiger partial charge on any atom is -0.325 e. The van der Waals surface area contributed by atoms with Crippen LogP contribution in [0.5, 0.6) is 0 Å². The molecule has 1 unspecified atom stereocenters. The third kappa shape index (κ3) is 2.66. The lowest BCUT2D eigenvalue weighted by Gasteiger charge is -2.17. The first kappa shape index (κ1) is 14.2. The molecule has 1 aliphatic rings. The van der Waals surface area contributed by atoms with Crippen molar-refractivity contribution in [1.29, 1.82) is 0 Å². The topological polar surface area (TPSA) is 17.8 Å². The lowest BCUT2D eigenvalue weighted by Crippen LogP contribution is -2.10. The quantitative estimate of drug-likeness (QED) is 0.712. The van der Waals surface area contributed by atoms with Gasteiger partial charge >= 0.3 is 0 Å². The first-order valence-electron chi connectivity index (χ1n) is 7.02. The minimum atomic E-state index is -0.392. The highest BCUT2D eigenvalue weighted by Gasteiger charge is 2.26. The fourth-order valence-electron chi connectivity index (χ4n) is 2.83. The molecule has 1 fully saturated rings. The van der Waals surface area contributed by atoms with E-state index in [2.05, 4.69) is 16.5 Å². The lowest BCUT2D eigenvalue weighted by atomic mass is 10.1. The maximum Gasteiger partial charge on any atom is 0.144 e. The van der Waals surface area contributed by atoms with Crippen LogP contribution in [0.25, 0.3) is 11.0 Å². The van der Waals surface area contributed by atoms with Crippen molar-refractivity contribution in [3.63, 3.8) is 0 Å². The van der Waals surface area contributed by atoms with Crippen molar-refractivity contribution < 1.29 is 4.39 Å². The van der Waals surface area contributed by atoms with Crippen molar-refractivity contribution in [2.24, 2.45) is 5.92 Å². The van der Waals surface area contributed by atoms with Gasteiger partial charge in [0.1, 0.15) is 11.6 Å². The highest BCUT2D eigenvalue weighted by Crippen LogP contribution is 2.38. The second-order valence-corrected chi connectivity index (χ2v) is 6.41. The van der Waals surface area contributed by atoms with E-state index in [0.717, 1.165) is 29.2 Å². The summed E-state index contributed by atoms with van der Waals surface area (Å²) < 4.78 is 15.9. The van der Waals surface area contributed by atoms with Crippen LogP contribution in [-0.2, 0) is 6.42 Å². The van der Waals surface area contributed by atoms with Crippen LogP contribution in [-0.4, -0.2) is 15.4 Å². The number of halogens is 3. The zero-order chi connectivity index (χ0) is 14.3. The fourth-order valence-corrected chi connectivity index (χ4v) is 3.16. The molecule has 1 heterocycles. The molecule has 0 spiro atoms. The van der Waals surface area contributed by atoms with E-state index in [1.165, 1.54) is 18.9 Å². The monoisotopic (exact) mass is 314 g/mol. The van der Waals surface area contributed by atoms with Gasteiger partial charge in [0.15, 0.2) is 0 Å². The summed E-state index contributed by atoms with van der Waals surface area (Å²) in [5, 5.41) is 0.120. The molecule has 0 saturated heterocycles. The lowest BCUT2D eigenvalue weighted by molar-refractivity contribution is 0.473. The van der Waals surface area contributed by atoms with Crippen LogP contribution >= 0.6 is 23.2 Å². The smallest absolute Gasteiger partial charge is 0.144 e. The molecule has 0 aliphatic heterocycles. The molecule has 0 bridgehead atoms. The van der Waals surface area contributed by atoms with Crippen LogP contribution in [0.2, 0.25) is 5.02 Å². The van der Waals surface area contributed by atoms with Crippen molar-refractivity contribution in [3.8, 4) is 0 Å². The summed E-state index contributed by atoms with van der Waals surface area (Å²) in [6.45, 7) is 2.17. The number of hydrogen-bond donors (Lipinski definition) is 0. The number of nitrogens with zero attached hydrogens (tertiary/aromatic N) is 2. The van der Waals surface area contributed by atoms with Crippen molar-refractivity contribution in [2.75, 3.05) is 5.88 Å². The fraction of sp³-hybridized carbons (Fsp3) is 0.533. The van der Waals surface area contributed by atoms with Crippen LogP contribution < -0.4 is 0 Å². The molecule has 108 valence electrons. The van der Waals surface area contributed by atoms with E-state index in [9.17, 15) is 4.39 Å². The third-order valence-electron chi connectivity index (χ3n) is 3.93. The Morgan fingerprint density at radius 2 is 2.20 bits per heavy atom. The van der Waals surface area contributed by atoms with Crippen LogP contribution in [0, 0.1) is 11.7 Å². The van der Waals surface area contributed by atoms with Gasteiger partial charge in [-0.3, -0.25) is 0 Å². The molecule has 1 atom stereocenters. The number of rotatable bonds is 5. The Morgan fingerprint density at radius 3 is 2.85 bits per heavy atom. The number of benzene rings is 1. The molecule has 1 aliphatic carbocycles. The van der Waals surface area contributed by atoms with Gasteiger partial charge in [0, 0.05) is 24.4 Å². The molecule has 2 nitrogen and oxygen atoms in total. The highest BCUT2D eigenvalue weighted by atomic mass is 35.5. The summed E-state index contributed by atoms with van der Waals surface area (Å²) in [5.41, 5.74) is 1.57. The Morgan fingerprint density at radius 1 is 1.45 bits per heavy atom. The molecular weight excluding hydrogens is 298 g/mol. The maximum absolute atomic E-state index is 13.8. The van der Waals surface area contributed by atoms with Gasteiger partial charge in [-0.2, -0.15) is 0 Å². The van der Waals surface area contributed by atoms with Gasteiger partial charge in [0.25, 0.3) is 0 Å². The van der Waals surface area contributed by atoms with Gasteiger partial charge in [-0.25, -0.2) is 9.37 Å². The minimum absolute atomic E-state index is 0.120. The Labute approximate surface area is 127 Å². The Kier molecular flexibility index (Phi) is 3.91. The zero-order valence-electron chi connectivity index (χ0n) is 11.4. The van der Waals surface area contributed by atoms with Gasteiger partial charge < -0.3 is 4.57 Å². The molecular formula is C15H17Cl2FN2. The molecule has 1 saturated carbocycles. The van der Waals surface area contributed by atoms with E-state index in [1.807, 2.05) is 0 Å². The first-order chi connectivity index (χ1) is 9.60. The van der Waals surface area contributed by atoms with Crippen molar-refractivity contribution in [1.82, 2.24) is 9.55 Å². The summed E-state index contributed by atoms with van der Waals surface area (Å²) >= 11 is 11.7. The standard InChI is InChI=1S/C15H17Cl2FN2/c1-9(6-10-2-3-10)20-14-8-12(18)11(17)7-13(14)19-15(20)4-5-16/h7-10H,2-6H2,1H3. The van der Waals surface area contributed by atoms with E-state index in [1.54, 1.807) is 6.07 Å². The first-order valence-corrected chi connectivity index (χ1v) is 7.93. The predicted octanol–water partition coefficient (Wildman–Crippen LogP) is 4.97. The van der Waals surface area contributed by atoms with E-state index < -0.39 is 5.82 Å². The van der Waals surface area contributed by atoms with Gasteiger partial charge in [-0.1, -0.05) is 24.4 Å². The zero-order valence-corrected chi connectivity index (χ0v) is 12.9. The number of aromatic nitrogens is 2. The number of fused-ring (bicyclic) bond motifs is 1. The Bertz CT molecular complexity index is 634. The molecule has 20 heavy (non-hydrogen) atoms. The molecule has 0 N–H and O–H groups in total. The summed E-state index contributed by atoms with van der Waals surface area (Å²) in [6, 6.07) is 3.40. The van der Waals surface area contributed by atoms with Crippen molar-refractivity contribution in [3.05, 3.63) is 28.8 Å². The number of hydrogen-bond acceptors (Lipinski definition) is 1. The average molecular weight is 315 g/mol. The number of alkyl halides is 1. The molecule has 3 rings (SSSR count). The van der Waals surface area contributed by atoms with Crippen LogP contribution in [0.3, 0.4) is 0 Å². The van der Waals surface area contributed by atoms with Crippen LogP contribution in [0.4, 0.5) is 4.39 Å². The van der Waals surface area contributed by atoms with E-state index in [0.29, 0.717) is 18.3 Å². The maximum atomic E-state index is 13.8. The second-order valence-electron chi connectivity index (χ2n) is 5.62. The largest absolute Gasteiger partial charge is 0.325 e. The predicted molar refractivity (Wildman–Crippen MR) is 81.2 cm³/mol. The van der Waals surface area contributed by atoms with Crippen LogP contribution in [0.15, 0.2) is 12.1 Å². The van der Waals surface area contributed by atoms with Gasteiger partial charge in [-0.05, 0) is 25.3 Å². The van der Waals surface area contributed by atoms with E-state index >= 15 is 0 Å². The second kappa shape index (κ2) is 5.53. The van der Waals surface area contributed by atoms with Gasteiger partial charge in [0.2, 0.25) is 0 Å². The van der Waals surface area contributed by atoms with Crippen LogP contribution in [0.1, 0.15) is 38.1 Å².